The van der Waals surface area contributed by atoms with Crippen LogP contribution in [0.5, 0.6) is 5.75 Å². The molecule has 0 saturated carbocycles. The Balaban J connectivity index is 1.81. The van der Waals surface area contributed by atoms with Gasteiger partial charge in [0, 0.05) is 29.3 Å². The first-order chi connectivity index (χ1) is 15.2. The van der Waals surface area contributed by atoms with E-state index >= 15 is 0 Å². The summed E-state index contributed by atoms with van der Waals surface area (Å²) in [6.45, 7) is 0.634. The third kappa shape index (κ3) is 4.53. The van der Waals surface area contributed by atoms with E-state index in [4.69, 9.17) is 4.74 Å². The molecule has 1 aliphatic heterocycles. The molecular weight excluding hydrogens is 470 g/mol. The summed E-state index contributed by atoms with van der Waals surface area (Å²) < 4.78 is 5.43. The maximum atomic E-state index is 14.0. The van der Waals surface area contributed by atoms with Gasteiger partial charge in [-0.15, -0.1) is 11.8 Å². The van der Waals surface area contributed by atoms with E-state index in [-0.39, 0.29) is 5.91 Å². The van der Waals surface area contributed by atoms with E-state index in [1.165, 1.54) is 0 Å². The van der Waals surface area contributed by atoms with Crippen LogP contribution in [0.4, 0.5) is 5.69 Å². The average molecular weight is 496 g/mol. The first-order valence-corrected chi connectivity index (χ1v) is 12.5. The molecule has 0 aromatic heterocycles. The summed E-state index contributed by atoms with van der Waals surface area (Å²) in [5.41, 5.74) is 3.02. The van der Waals surface area contributed by atoms with Crippen molar-refractivity contribution in [2.24, 2.45) is 0 Å². The molecular formula is C26H26BrNO2S. The van der Waals surface area contributed by atoms with E-state index in [2.05, 4.69) is 40.2 Å². The molecule has 3 aromatic carbocycles. The number of rotatable bonds is 8. The zero-order chi connectivity index (χ0) is 21.7. The minimum absolute atomic E-state index is 0.0801. The van der Waals surface area contributed by atoms with Crippen LogP contribution in [-0.4, -0.2) is 24.9 Å². The number of para-hydroxylation sites is 2. The van der Waals surface area contributed by atoms with Gasteiger partial charge in [-0.05, 0) is 36.6 Å². The molecule has 0 radical (unpaired) electrons. The zero-order valence-corrected chi connectivity index (χ0v) is 20.0. The number of hydrogen-bond donors (Lipinski definition) is 0. The van der Waals surface area contributed by atoms with Gasteiger partial charge in [-0.1, -0.05) is 76.6 Å². The molecule has 3 aromatic rings. The van der Waals surface area contributed by atoms with Gasteiger partial charge in [-0.2, -0.15) is 0 Å². The van der Waals surface area contributed by atoms with Gasteiger partial charge in [0.15, 0.2) is 0 Å². The van der Waals surface area contributed by atoms with Gasteiger partial charge >= 0.3 is 0 Å². The van der Waals surface area contributed by atoms with Gasteiger partial charge in [0.25, 0.3) is 0 Å². The lowest BCUT2D eigenvalue weighted by Crippen LogP contribution is -2.47. The average Bonchev–Trinajstić information content (AvgIpc) is 2.81. The Bertz CT molecular complexity index is 1040. The normalized spacial score (nSPS) is 18.0. The molecule has 1 aliphatic rings. The first kappa shape index (κ1) is 22.0. The Morgan fingerprint density at radius 1 is 0.935 bits per heavy atom. The van der Waals surface area contributed by atoms with Crippen molar-refractivity contribution in [3.05, 3.63) is 90.0 Å². The molecule has 0 saturated heterocycles. The topological polar surface area (TPSA) is 29.5 Å². The lowest BCUT2D eigenvalue weighted by molar-refractivity contribution is -0.121. The van der Waals surface area contributed by atoms with Crippen LogP contribution in [0.2, 0.25) is 0 Å². The molecule has 0 bridgehead atoms. The van der Waals surface area contributed by atoms with Crippen LogP contribution in [0, 0.1) is 0 Å². The van der Waals surface area contributed by atoms with Crippen molar-refractivity contribution in [3.8, 4) is 5.75 Å². The van der Waals surface area contributed by atoms with Crippen molar-refractivity contribution < 1.29 is 9.53 Å². The summed E-state index contributed by atoms with van der Waals surface area (Å²) >= 11 is 5.12. The van der Waals surface area contributed by atoms with Gasteiger partial charge < -0.3 is 9.64 Å². The molecule has 0 fully saturated rings. The highest BCUT2D eigenvalue weighted by atomic mass is 79.9. The number of likely N-dealkylation sites (N-methyl/N-ethyl adjacent to an activating group) is 1. The third-order valence-electron chi connectivity index (χ3n) is 5.56. The van der Waals surface area contributed by atoms with Crippen LogP contribution < -0.4 is 9.64 Å². The minimum atomic E-state index is -0.795. The Kier molecular flexibility index (Phi) is 7.03. The Hall–Kier alpha value is -2.24. The molecule has 0 N–H and O–H groups in total. The summed E-state index contributed by atoms with van der Waals surface area (Å²) in [6, 6.07) is 26.4. The highest BCUT2D eigenvalue weighted by Crippen LogP contribution is 2.54. The number of ether oxygens (including phenoxy) is 1. The van der Waals surface area contributed by atoms with Gasteiger partial charge in [0.1, 0.15) is 10.5 Å². The Morgan fingerprint density at radius 3 is 2.45 bits per heavy atom. The molecule has 0 aliphatic carbocycles. The van der Waals surface area contributed by atoms with Gasteiger partial charge in [0.2, 0.25) is 5.91 Å². The minimum Gasteiger partial charge on any atom is -0.493 e. The van der Waals surface area contributed by atoms with Gasteiger partial charge in [-0.3, -0.25) is 4.79 Å². The Morgan fingerprint density at radius 2 is 1.65 bits per heavy atom. The summed E-state index contributed by atoms with van der Waals surface area (Å²) in [4.78, 5) is 16.9. The second-order valence-electron chi connectivity index (χ2n) is 7.66. The van der Waals surface area contributed by atoms with Crippen LogP contribution in [0.15, 0.2) is 83.8 Å². The number of thioether (sulfide) groups is 1. The standard InChI is InChI=1S/C26H26BrNO2S/c1-28-22-14-6-8-16-24(22)31-26(25(28)29,19-20-11-3-2-4-12-20)21-13-5-7-15-23(21)30-18-10-9-17-27/h2-8,11-16H,9-10,17-19H2,1H3. The summed E-state index contributed by atoms with van der Waals surface area (Å²) in [5.74, 6) is 0.873. The van der Waals surface area contributed by atoms with Crippen molar-refractivity contribution >= 4 is 39.3 Å². The van der Waals surface area contributed by atoms with E-state index < -0.39 is 4.75 Å². The maximum Gasteiger partial charge on any atom is 0.248 e. The molecule has 31 heavy (non-hydrogen) atoms. The predicted molar refractivity (Wildman–Crippen MR) is 132 cm³/mol. The molecule has 0 spiro atoms. The third-order valence-corrected chi connectivity index (χ3v) is 7.58. The van der Waals surface area contributed by atoms with E-state index in [9.17, 15) is 4.79 Å². The van der Waals surface area contributed by atoms with Gasteiger partial charge in [-0.25, -0.2) is 0 Å². The van der Waals surface area contributed by atoms with Crippen LogP contribution in [0.25, 0.3) is 0 Å². The number of nitrogens with zero attached hydrogens (tertiary/aromatic N) is 1. The number of carbonyl (C=O) groups is 1. The van der Waals surface area contributed by atoms with E-state index in [1.807, 2.05) is 61.6 Å². The predicted octanol–water partition coefficient (Wildman–Crippen LogP) is 6.45. The monoisotopic (exact) mass is 495 g/mol. The second kappa shape index (κ2) is 9.92. The number of hydrogen-bond acceptors (Lipinski definition) is 3. The number of unbranched alkanes of at least 4 members (excludes halogenated alkanes) is 1. The number of alkyl halides is 1. The summed E-state index contributed by atoms with van der Waals surface area (Å²) in [6.07, 6.45) is 2.62. The van der Waals surface area contributed by atoms with E-state index in [0.717, 1.165) is 45.6 Å². The number of benzene rings is 3. The fourth-order valence-corrected chi connectivity index (χ4v) is 5.97. The second-order valence-corrected chi connectivity index (χ2v) is 9.80. The number of fused-ring (bicyclic) bond motifs is 1. The van der Waals surface area contributed by atoms with Crippen molar-refractivity contribution in [1.29, 1.82) is 0 Å². The number of amides is 1. The Labute approximate surface area is 196 Å². The lowest BCUT2D eigenvalue weighted by atomic mass is 9.88. The van der Waals surface area contributed by atoms with Crippen LogP contribution in [0.3, 0.4) is 0 Å². The highest BCUT2D eigenvalue weighted by molar-refractivity contribution is 9.09. The molecule has 1 unspecified atom stereocenters. The van der Waals surface area contributed by atoms with Crippen molar-refractivity contribution in [2.75, 3.05) is 23.9 Å². The fraction of sp³-hybridized carbons (Fsp3) is 0.269. The van der Waals surface area contributed by atoms with Crippen molar-refractivity contribution in [2.45, 2.75) is 28.9 Å². The largest absolute Gasteiger partial charge is 0.493 e. The first-order valence-electron chi connectivity index (χ1n) is 10.5. The highest BCUT2D eigenvalue weighted by Gasteiger charge is 2.49. The molecule has 4 rings (SSSR count). The zero-order valence-electron chi connectivity index (χ0n) is 17.6. The van der Waals surface area contributed by atoms with E-state index in [1.54, 1.807) is 16.7 Å². The molecule has 5 heteroatoms. The number of halogens is 1. The molecule has 3 nitrogen and oxygen atoms in total. The maximum absolute atomic E-state index is 14.0. The molecule has 1 atom stereocenters. The molecule has 1 heterocycles. The molecule has 160 valence electrons. The van der Waals surface area contributed by atoms with Crippen LogP contribution in [-0.2, 0) is 16.0 Å². The van der Waals surface area contributed by atoms with Crippen molar-refractivity contribution in [1.82, 2.24) is 0 Å². The molecule has 1 amide bonds. The lowest BCUT2D eigenvalue weighted by Gasteiger charge is -2.41. The smallest absolute Gasteiger partial charge is 0.248 e. The fourth-order valence-electron chi connectivity index (χ4n) is 4.00. The SMILES string of the molecule is CN1C(=O)C(Cc2ccccc2)(c2ccccc2OCCCCBr)Sc2ccccc21. The van der Waals surface area contributed by atoms with Crippen LogP contribution >= 0.6 is 27.7 Å². The number of carbonyl (C=O) groups excluding carboxylic acids is 1. The van der Waals surface area contributed by atoms with Crippen molar-refractivity contribution in [3.63, 3.8) is 0 Å². The van der Waals surface area contributed by atoms with Crippen LogP contribution in [0.1, 0.15) is 24.0 Å². The summed E-state index contributed by atoms with van der Waals surface area (Å²) in [5, 5.41) is 0.964. The van der Waals surface area contributed by atoms with E-state index in [0.29, 0.717) is 13.0 Å². The quantitative estimate of drug-likeness (QED) is 0.265. The summed E-state index contributed by atoms with van der Waals surface area (Å²) in [7, 11) is 1.88. The number of anilines is 1. The van der Waals surface area contributed by atoms with Gasteiger partial charge in [0.05, 0.1) is 12.3 Å².